The monoisotopic (exact) mass is 435 g/mol. The minimum absolute atomic E-state index is 0. The first-order valence-corrected chi connectivity index (χ1v) is 6.89. The number of carbonyl (C=O) groups is 1. The zero-order valence-corrected chi connectivity index (χ0v) is 15.7. The normalized spacial score (nSPS) is 10.5. The van der Waals surface area contributed by atoms with Crippen molar-refractivity contribution in [3.8, 4) is 0 Å². The van der Waals surface area contributed by atoms with Gasteiger partial charge in [-0.05, 0) is 12.5 Å². The molecule has 0 spiro atoms. The molecular formula is C14H22IN5O3. The van der Waals surface area contributed by atoms with Crippen LogP contribution < -0.4 is 10.6 Å². The molecule has 0 unspecified atom stereocenters. The van der Waals surface area contributed by atoms with Crippen molar-refractivity contribution in [2.75, 3.05) is 27.2 Å². The summed E-state index contributed by atoms with van der Waals surface area (Å²) >= 11 is 0. The Kier molecular flexibility index (Phi) is 9.86. The molecule has 0 aliphatic rings. The average molecular weight is 435 g/mol. The van der Waals surface area contributed by atoms with E-state index in [0.717, 1.165) is 5.56 Å². The van der Waals surface area contributed by atoms with Gasteiger partial charge in [0.2, 0.25) is 5.91 Å². The highest BCUT2D eigenvalue weighted by Crippen LogP contribution is 2.12. The third-order valence-corrected chi connectivity index (χ3v) is 2.82. The fourth-order valence-electron chi connectivity index (χ4n) is 1.55. The predicted octanol–water partition coefficient (Wildman–Crippen LogP) is 1.36. The van der Waals surface area contributed by atoms with Crippen LogP contribution in [0.4, 0.5) is 5.69 Å². The maximum atomic E-state index is 11.5. The Balaban J connectivity index is 0.00000484. The van der Waals surface area contributed by atoms with Gasteiger partial charge in [-0.15, -0.1) is 24.0 Å². The largest absolute Gasteiger partial charge is 0.357 e. The molecule has 0 saturated heterocycles. The number of likely N-dealkylation sites (N-methyl/N-ethyl adjacent to an activating group) is 1. The van der Waals surface area contributed by atoms with Crippen LogP contribution in [-0.2, 0) is 11.3 Å². The van der Waals surface area contributed by atoms with E-state index in [1.807, 2.05) is 6.92 Å². The van der Waals surface area contributed by atoms with Crippen molar-refractivity contribution in [1.29, 1.82) is 0 Å². The number of nitrogens with one attached hydrogen (secondary N) is 2. The predicted molar refractivity (Wildman–Crippen MR) is 100 cm³/mol. The van der Waals surface area contributed by atoms with Crippen LogP contribution in [0.15, 0.2) is 29.3 Å². The van der Waals surface area contributed by atoms with Gasteiger partial charge in [0.25, 0.3) is 5.69 Å². The van der Waals surface area contributed by atoms with Crippen LogP contribution in [0.25, 0.3) is 0 Å². The van der Waals surface area contributed by atoms with Gasteiger partial charge in [-0.25, -0.2) is 4.99 Å². The Morgan fingerprint density at radius 3 is 2.35 bits per heavy atom. The van der Waals surface area contributed by atoms with Crippen LogP contribution in [0.3, 0.4) is 0 Å². The highest BCUT2D eigenvalue weighted by molar-refractivity contribution is 14.0. The van der Waals surface area contributed by atoms with E-state index in [9.17, 15) is 14.9 Å². The van der Waals surface area contributed by atoms with E-state index >= 15 is 0 Å². The second-order valence-corrected chi connectivity index (χ2v) is 4.76. The lowest BCUT2D eigenvalue weighted by Crippen LogP contribution is -2.42. The van der Waals surface area contributed by atoms with Crippen LogP contribution in [0.5, 0.6) is 0 Å². The Hall–Kier alpha value is -1.91. The lowest BCUT2D eigenvalue weighted by atomic mass is 10.2. The Bertz CT molecular complexity index is 546. The molecule has 1 rings (SSSR count). The summed E-state index contributed by atoms with van der Waals surface area (Å²) in [6.07, 6.45) is 0. The standard InChI is InChI=1S/C14H21N5O3.HI/c1-4-15-14(17-10-13(20)18(2)3)16-9-11-5-7-12(8-6-11)19(21)22;/h5-8H,4,9-10H2,1-3H3,(H2,15,16,17);1H. The molecule has 9 heteroatoms. The number of aliphatic imine (C=N–C) groups is 1. The number of amides is 1. The molecule has 0 atom stereocenters. The second-order valence-electron chi connectivity index (χ2n) is 4.76. The van der Waals surface area contributed by atoms with Gasteiger partial charge in [-0.2, -0.15) is 0 Å². The van der Waals surface area contributed by atoms with Gasteiger partial charge < -0.3 is 15.5 Å². The molecule has 0 aliphatic carbocycles. The fourth-order valence-corrected chi connectivity index (χ4v) is 1.55. The molecule has 23 heavy (non-hydrogen) atoms. The SMILES string of the molecule is CCNC(=NCc1ccc([N+](=O)[O-])cc1)NCC(=O)N(C)C.I. The Morgan fingerprint density at radius 1 is 1.26 bits per heavy atom. The van der Waals surface area contributed by atoms with E-state index in [0.29, 0.717) is 19.0 Å². The van der Waals surface area contributed by atoms with Crippen molar-refractivity contribution in [2.45, 2.75) is 13.5 Å². The second kappa shape index (κ2) is 10.8. The maximum absolute atomic E-state index is 11.5. The van der Waals surface area contributed by atoms with E-state index < -0.39 is 4.92 Å². The van der Waals surface area contributed by atoms with Gasteiger partial charge in [0.05, 0.1) is 18.0 Å². The maximum Gasteiger partial charge on any atom is 0.269 e. The number of nitro benzene ring substituents is 1. The van der Waals surface area contributed by atoms with Crippen molar-refractivity contribution in [1.82, 2.24) is 15.5 Å². The van der Waals surface area contributed by atoms with Crippen molar-refractivity contribution in [2.24, 2.45) is 4.99 Å². The van der Waals surface area contributed by atoms with Gasteiger partial charge in [0.15, 0.2) is 5.96 Å². The number of rotatable bonds is 6. The van der Waals surface area contributed by atoms with Crippen LogP contribution in [-0.4, -0.2) is 48.9 Å². The quantitative estimate of drug-likeness (QED) is 0.231. The van der Waals surface area contributed by atoms with E-state index in [1.165, 1.54) is 17.0 Å². The lowest BCUT2D eigenvalue weighted by molar-refractivity contribution is -0.384. The molecule has 0 aromatic heterocycles. The molecule has 1 amide bonds. The van der Waals surface area contributed by atoms with E-state index in [1.54, 1.807) is 26.2 Å². The summed E-state index contributed by atoms with van der Waals surface area (Å²) in [4.78, 5) is 27.5. The third kappa shape index (κ3) is 7.77. The number of hydrogen-bond acceptors (Lipinski definition) is 4. The summed E-state index contributed by atoms with van der Waals surface area (Å²) in [7, 11) is 3.37. The summed E-state index contributed by atoms with van der Waals surface area (Å²) in [6.45, 7) is 3.11. The first kappa shape index (κ1) is 21.1. The smallest absolute Gasteiger partial charge is 0.269 e. The highest BCUT2D eigenvalue weighted by Gasteiger charge is 2.06. The Labute approximate surface area is 152 Å². The first-order chi connectivity index (χ1) is 10.4. The number of nitrogens with zero attached hydrogens (tertiary/aromatic N) is 3. The van der Waals surface area contributed by atoms with E-state index in [4.69, 9.17) is 0 Å². The summed E-state index contributed by atoms with van der Waals surface area (Å²) in [5, 5.41) is 16.6. The van der Waals surface area contributed by atoms with Crippen molar-refractivity contribution >= 4 is 41.5 Å². The molecule has 2 N–H and O–H groups in total. The number of non-ortho nitro benzene ring substituents is 1. The molecule has 0 heterocycles. The summed E-state index contributed by atoms with van der Waals surface area (Å²) in [5.74, 6) is 0.469. The number of benzene rings is 1. The van der Waals surface area contributed by atoms with Crippen molar-refractivity contribution in [3.05, 3.63) is 39.9 Å². The van der Waals surface area contributed by atoms with Crippen molar-refractivity contribution < 1.29 is 9.72 Å². The zero-order chi connectivity index (χ0) is 16.5. The molecular weight excluding hydrogens is 413 g/mol. The van der Waals surface area contributed by atoms with Gasteiger partial charge in [-0.1, -0.05) is 12.1 Å². The molecule has 128 valence electrons. The van der Waals surface area contributed by atoms with Crippen LogP contribution in [0.2, 0.25) is 0 Å². The number of carbonyl (C=O) groups excluding carboxylic acids is 1. The zero-order valence-electron chi connectivity index (χ0n) is 13.4. The number of guanidine groups is 1. The van der Waals surface area contributed by atoms with Crippen LogP contribution in [0.1, 0.15) is 12.5 Å². The molecule has 0 aliphatic heterocycles. The average Bonchev–Trinajstić information content (AvgIpc) is 2.49. The highest BCUT2D eigenvalue weighted by atomic mass is 127. The molecule has 0 saturated carbocycles. The summed E-state index contributed by atoms with van der Waals surface area (Å²) < 4.78 is 0. The summed E-state index contributed by atoms with van der Waals surface area (Å²) in [5.41, 5.74) is 0.899. The molecule has 0 bridgehead atoms. The van der Waals surface area contributed by atoms with Crippen LogP contribution >= 0.6 is 24.0 Å². The van der Waals surface area contributed by atoms with Crippen LogP contribution in [0, 0.1) is 10.1 Å². The van der Waals surface area contributed by atoms with E-state index in [2.05, 4.69) is 15.6 Å². The van der Waals surface area contributed by atoms with Gasteiger partial charge in [0.1, 0.15) is 0 Å². The Morgan fingerprint density at radius 2 is 1.87 bits per heavy atom. The van der Waals surface area contributed by atoms with Gasteiger partial charge >= 0.3 is 0 Å². The van der Waals surface area contributed by atoms with Gasteiger partial charge in [-0.3, -0.25) is 14.9 Å². The van der Waals surface area contributed by atoms with Crippen molar-refractivity contribution in [3.63, 3.8) is 0 Å². The molecule has 1 aromatic rings. The molecule has 1 aromatic carbocycles. The minimum atomic E-state index is -0.439. The van der Waals surface area contributed by atoms with E-state index in [-0.39, 0.29) is 42.1 Å². The lowest BCUT2D eigenvalue weighted by Gasteiger charge is -2.14. The topological polar surface area (TPSA) is 99.9 Å². The minimum Gasteiger partial charge on any atom is -0.357 e. The third-order valence-electron chi connectivity index (χ3n) is 2.82. The summed E-state index contributed by atoms with van der Waals surface area (Å²) in [6, 6.07) is 6.22. The fraction of sp³-hybridized carbons (Fsp3) is 0.429. The molecule has 0 fully saturated rings. The first-order valence-electron chi connectivity index (χ1n) is 6.89. The molecule has 8 nitrogen and oxygen atoms in total. The number of halogens is 1. The molecule has 0 radical (unpaired) electrons. The number of hydrogen-bond donors (Lipinski definition) is 2. The number of nitro groups is 1. The van der Waals surface area contributed by atoms with Gasteiger partial charge in [0, 0.05) is 32.8 Å².